The first-order chi connectivity index (χ1) is 13.0. The molecule has 27 heavy (non-hydrogen) atoms. The average Bonchev–Trinajstić information content (AvgIpc) is 3.16. The number of hydrogen-bond acceptors (Lipinski definition) is 4. The van der Waals surface area contributed by atoms with E-state index in [-0.39, 0.29) is 12.5 Å². The number of carbonyl (C=O) groups is 2. The number of benzene rings is 2. The summed E-state index contributed by atoms with van der Waals surface area (Å²) in [6.07, 6.45) is 1.84. The fourth-order valence-electron chi connectivity index (χ4n) is 3.49. The summed E-state index contributed by atoms with van der Waals surface area (Å²) in [6, 6.07) is 15.8. The van der Waals surface area contributed by atoms with Crippen molar-refractivity contribution in [3.05, 3.63) is 54.1 Å². The third-order valence-corrected chi connectivity index (χ3v) is 4.77. The summed E-state index contributed by atoms with van der Waals surface area (Å²) in [5.41, 5.74) is 7.16. The Labute approximate surface area is 158 Å². The molecule has 2 aromatic carbocycles. The molecule has 2 amide bonds. The van der Waals surface area contributed by atoms with Gasteiger partial charge in [0.2, 0.25) is 5.91 Å². The number of hydrogen-bond donors (Lipinski definition) is 2. The standard InChI is InChI=1S/C21H24N2O4/c1-26-18-9-3-2-8-17(18)16-7-4-6-15(12-16)13-21(10-5-11-27-21)20(25)23-14-19(22)24/h2-4,6-9,12H,5,10-11,13-14H2,1H3,(H2,22,24)(H,23,25)/t21-/m1/s1. The molecule has 3 N–H and O–H groups in total. The van der Waals surface area contributed by atoms with E-state index in [4.69, 9.17) is 15.2 Å². The minimum Gasteiger partial charge on any atom is -0.496 e. The molecule has 3 rings (SSSR count). The van der Waals surface area contributed by atoms with Crippen molar-refractivity contribution in [3.8, 4) is 16.9 Å². The molecule has 0 spiro atoms. The number of rotatable bonds is 7. The van der Waals surface area contributed by atoms with Crippen LogP contribution in [0.4, 0.5) is 0 Å². The first kappa shape index (κ1) is 18.9. The molecular formula is C21H24N2O4. The zero-order valence-corrected chi connectivity index (χ0v) is 15.4. The van der Waals surface area contributed by atoms with E-state index < -0.39 is 11.5 Å². The second-order valence-corrected chi connectivity index (χ2v) is 6.67. The topological polar surface area (TPSA) is 90.6 Å². The van der Waals surface area contributed by atoms with Gasteiger partial charge in [-0.25, -0.2) is 0 Å². The molecule has 1 atom stereocenters. The van der Waals surface area contributed by atoms with E-state index in [1.807, 2.05) is 48.5 Å². The van der Waals surface area contributed by atoms with Crippen LogP contribution < -0.4 is 15.8 Å². The van der Waals surface area contributed by atoms with Crippen LogP contribution in [-0.2, 0) is 20.7 Å². The molecule has 0 radical (unpaired) electrons. The van der Waals surface area contributed by atoms with Crippen LogP contribution >= 0.6 is 0 Å². The number of amides is 2. The molecule has 1 heterocycles. The van der Waals surface area contributed by atoms with Crippen molar-refractivity contribution >= 4 is 11.8 Å². The maximum absolute atomic E-state index is 12.7. The van der Waals surface area contributed by atoms with Gasteiger partial charge < -0.3 is 20.5 Å². The zero-order chi connectivity index (χ0) is 19.3. The summed E-state index contributed by atoms with van der Waals surface area (Å²) < 4.78 is 11.3. The molecule has 0 unspecified atom stereocenters. The van der Waals surface area contributed by atoms with Crippen LogP contribution in [0.5, 0.6) is 5.75 Å². The lowest BCUT2D eigenvalue weighted by Gasteiger charge is -2.27. The smallest absolute Gasteiger partial charge is 0.253 e. The Balaban J connectivity index is 1.85. The Morgan fingerprint density at radius 2 is 2.04 bits per heavy atom. The van der Waals surface area contributed by atoms with Gasteiger partial charge in [0, 0.05) is 18.6 Å². The molecule has 1 fully saturated rings. The number of para-hydroxylation sites is 1. The first-order valence-corrected chi connectivity index (χ1v) is 8.97. The molecule has 0 aliphatic carbocycles. The van der Waals surface area contributed by atoms with E-state index in [0.29, 0.717) is 19.4 Å². The lowest BCUT2D eigenvalue weighted by molar-refractivity contribution is -0.142. The summed E-state index contributed by atoms with van der Waals surface area (Å²) in [7, 11) is 1.65. The second kappa shape index (κ2) is 8.22. The molecular weight excluding hydrogens is 344 g/mol. The fraction of sp³-hybridized carbons (Fsp3) is 0.333. The predicted molar refractivity (Wildman–Crippen MR) is 102 cm³/mol. The van der Waals surface area contributed by atoms with Crippen molar-refractivity contribution in [2.75, 3.05) is 20.3 Å². The highest BCUT2D eigenvalue weighted by Crippen LogP contribution is 2.33. The molecule has 1 aliphatic heterocycles. The molecule has 0 aromatic heterocycles. The molecule has 0 bridgehead atoms. The van der Waals surface area contributed by atoms with Crippen molar-refractivity contribution in [1.29, 1.82) is 0 Å². The number of primary amides is 1. The molecule has 1 saturated heterocycles. The van der Waals surface area contributed by atoms with E-state index >= 15 is 0 Å². The van der Waals surface area contributed by atoms with Crippen LogP contribution in [0, 0.1) is 0 Å². The summed E-state index contributed by atoms with van der Waals surface area (Å²) >= 11 is 0. The molecule has 142 valence electrons. The number of ether oxygens (including phenoxy) is 2. The SMILES string of the molecule is COc1ccccc1-c1cccc(C[C@@]2(C(=O)NCC(N)=O)CCCO2)c1. The van der Waals surface area contributed by atoms with Gasteiger partial charge in [-0.15, -0.1) is 0 Å². The molecule has 2 aromatic rings. The van der Waals surface area contributed by atoms with Crippen LogP contribution in [0.1, 0.15) is 18.4 Å². The quantitative estimate of drug-likeness (QED) is 0.783. The van der Waals surface area contributed by atoms with Gasteiger partial charge in [-0.05, 0) is 30.0 Å². The third-order valence-electron chi connectivity index (χ3n) is 4.77. The average molecular weight is 368 g/mol. The van der Waals surface area contributed by atoms with Crippen molar-refractivity contribution in [1.82, 2.24) is 5.32 Å². The first-order valence-electron chi connectivity index (χ1n) is 8.97. The van der Waals surface area contributed by atoms with Crippen LogP contribution in [0.15, 0.2) is 48.5 Å². The van der Waals surface area contributed by atoms with E-state index in [0.717, 1.165) is 28.9 Å². The van der Waals surface area contributed by atoms with Gasteiger partial charge in [0.15, 0.2) is 5.60 Å². The predicted octanol–water partition coefficient (Wildman–Crippen LogP) is 2.06. The normalized spacial score (nSPS) is 18.9. The maximum atomic E-state index is 12.7. The second-order valence-electron chi connectivity index (χ2n) is 6.67. The van der Waals surface area contributed by atoms with Gasteiger partial charge in [-0.1, -0.05) is 42.5 Å². The number of carbonyl (C=O) groups excluding carboxylic acids is 2. The van der Waals surface area contributed by atoms with E-state index in [1.54, 1.807) is 7.11 Å². The van der Waals surface area contributed by atoms with Gasteiger partial charge >= 0.3 is 0 Å². The maximum Gasteiger partial charge on any atom is 0.253 e. The van der Waals surface area contributed by atoms with Crippen LogP contribution in [-0.4, -0.2) is 37.7 Å². The summed E-state index contributed by atoms with van der Waals surface area (Å²) in [6.45, 7) is 0.335. The van der Waals surface area contributed by atoms with Crippen LogP contribution in [0.3, 0.4) is 0 Å². The van der Waals surface area contributed by atoms with Crippen molar-refractivity contribution < 1.29 is 19.1 Å². The molecule has 0 saturated carbocycles. The van der Waals surface area contributed by atoms with E-state index in [9.17, 15) is 9.59 Å². The van der Waals surface area contributed by atoms with Crippen LogP contribution in [0.25, 0.3) is 11.1 Å². The number of nitrogens with two attached hydrogens (primary N) is 1. The highest BCUT2D eigenvalue weighted by Gasteiger charge is 2.42. The van der Waals surface area contributed by atoms with Crippen molar-refractivity contribution in [3.63, 3.8) is 0 Å². The molecule has 6 nitrogen and oxygen atoms in total. The Morgan fingerprint density at radius 3 is 2.74 bits per heavy atom. The van der Waals surface area contributed by atoms with Crippen LogP contribution in [0.2, 0.25) is 0 Å². The lowest BCUT2D eigenvalue weighted by Crippen LogP contribution is -2.50. The summed E-state index contributed by atoms with van der Waals surface area (Å²) in [5, 5.41) is 2.59. The largest absolute Gasteiger partial charge is 0.496 e. The number of methoxy groups -OCH3 is 1. The molecule has 1 aliphatic rings. The van der Waals surface area contributed by atoms with Gasteiger partial charge in [0.05, 0.1) is 13.7 Å². The van der Waals surface area contributed by atoms with E-state index in [2.05, 4.69) is 5.32 Å². The fourth-order valence-corrected chi connectivity index (χ4v) is 3.49. The minimum absolute atomic E-state index is 0.189. The molecule has 6 heteroatoms. The Hall–Kier alpha value is -2.86. The van der Waals surface area contributed by atoms with Crippen molar-refractivity contribution in [2.45, 2.75) is 24.9 Å². The van der Waals surface area contributed by atoms with Crippen molar-refractivity contribution in [2.24, 2.45) is 5.73 Å². The Kier molecular flexibility index (Phi) is 5.76. The minimum atomic E-state index is -0.963. The monoisotopic (exact) mass is 368 g/mol. The van der Waals surface area contributed by atoms with Gasteiger partial charge in [0.1, 0.15) is 5.75 Å². The van der Waals surface area contributed by atoms with E-state index in [1.165, 1.54) is 0 Å². The lowest BCUT2D eigenvalue weighted by atomic mass is 9.89. The number of nitrogens with one attached hydrogen (secondary N) is 1. The highest BCUT2D eigenvalue weighted by atomic mass is 16.5. The highest BCUT2D eigenvalue weighted by molar-refractivity contribution is 5.89. The Morgan fingerprint density at radius 1 is 1.22 bits per heavy atom. The van der Waals surface area contributed by atoms with Gasteiger partial charge in [0.25, 0.3) is 5.91 Å². The third kappa shape index (κ3) is 4.28. The summed E-state index contributed by atoms with van der Waals surface area (Å²) in [5.74, 6) is -0.0724. The van der Waals surface area contributed by atoms with Gasteiger partial charge in [-0.2, -0.15) is 0 Å². The Bertz CT molecular complexity index is 828. The summed E-state index contributed by atoms with van der Waals surface area (Å²) in [4.78, 5) is 23.7. The zero-order valence-electron chi connectivity index (χ0n) is 15.4. The van der Waals surface area contributed by atoms with Gasteiger partial charge in [-0.3, -0.25) is 9.59 Å².